The molecule has 4 nitrogen and oxygen atoms in total. The topological polar surface area (TPSA) is 49.6 Å². The van der Waals surface area contributed by atoms with Crippen molar-refractivity contribution in [1.82, 2.24) is 9.80 Å². The number of nitrogens with zero attached hydrogens (tertiary/aromatic N) is 2. The molecule has 18 heavy (non-hydrogen) atoms. The van der Waals surface area contributed by atoms with Crippen LogP contribution in [0.25, 0.3) is 0 Å². The maximum atomic E-state index is 12.5. The van der Waals surface area contributed by atoms with E-state index >= 15 is 0 Å². The summed E-state index contributed by atoms with van der Waals surface area (Å²) < 4.78 is 0. The van der Waals surface area contributed by atoms with Gasteiger partial charge in [0.25, 0.3) is 0 Å². The second-order valence-corrected chi connectivity index (χ2v) is 5.67. The maximum absolute atomic E-state index is 12.5. The lowest BCUT2D eigenvalue weighted by atomic mass is 9.81. The van der Waals surface area contributed by atoms with Gasteiger partial charge in [0.15, 0.2) is 0 Å². The number of hydrogen-bond acceptors (Lipinski definition) is 3. The molecule has 0 spiro atoms. The molecule has 2 aliphatic rings. The minimum atomic E-state index is -0.554. The van der Waals surface area contributed by atoms with Crippen LogP contribution < -0.4 is 5.73 Å². The molecule has 0 aromatic carbocycles. The summed E-state index contributed by atoms with van der Waals surface area (Å²) in [6, 6.07) is 0. The van der Waals surface area contributed by atoms with Gasteiger partial charge in [0.2, 0.25) is 5.91 Å². The summed E-state index contributed by atoms with van der Waals surface area (Å²) in [5.74, 6) is 0.201. The monoisotopic (exact) mass is 275 g/mol. The van der Waals surface area contributed by atoms with Gasteiger partial charge in [-0.3, -0.25) is 4.79 Å². The molecule has 0 atom stereocenters. The number of carbonyl (C=O) groups excluding carboxylic acids is 1. The Morgan fingerprint density at radius 1 is 1.00 bits per heavy atom. The Morgan fingerprint density at radius 3 is 2.33 bits per heavy atom. The molecule has 1 aliphatic carbocycles. The van der Waals surface area contributed by atoms with Crippen LogP contribution in [-0.2, 0) is 4.79 Å². The Bertz CT molecular complexity index is 279. The standard InChI is InChI=1S/C13H25N3O.ClH/c1-15-8-5-9-16(11-10-15)12(17)13(14)6-3-2-4-7-13;/h2-11,14H2,1H3;1H. The zero-order valence-electron chi connectivity index (χ0n) is 11.4. The van der Waals surface area contributed by atoms with Gasteiger partial charge in [-0.25, -0.2) is 0 Å². The molecule has 0 unspecified atom stereocenters. The van der Waals surface area contributed by atoms with E-state index in [0.29, 0.717) is 0 Å². The van der Waals surface area contributed by atoms with Crippen LogP contribution in [0, 0.1) is 0 Å². The van der Waals surface area contributed by atoms with E-state index in [1.54, 1.807) is 0 Å². The minimum absolute atomic E-state index is 0. The van der Waals surface area contributed by atoms with Crippen molar-refractivity contribution in [3.05, 3.63) is 0 Å². The minimum Gasteiger partial charge on any atom is -0.340 e. The van der Waals surface area contributed by atoms with Gasteiger partial charge in [-0.2, -0.15) is 0 Å². The summed E-state index contributed by atoms with van der Waals surface area (Å²) in [5, 5.41) is 0. The zero-order chi connectivity index (χ0) is 12.3. The molecule has 2 N–H and O–H groups in total. The summed E-state index contributed by atoms with van der Waals surface area (Å²) >= 11 is 0. The quantitative estimate of drug-likeness (QED) is 0.783. The molecule has 0 bridgehead atoms. The van der Waals surface area contributed by atoms with E-state index in [1.807, 2.05) is 4.90 Å². The van der Waals surface area contributed by atoms with Crippen LogP contribution in [0.4, 0.5) is 0 Å². The summed E-state index contributed by atoms with van der Waals surface area (Å²) in [6.07, 6.45) is 6.26. The molecule has 1 aliphatic heterocycles. The lowest BCUT2D eigenvalue weighted by molar-refractivity contribution is -0.138. The van der Waals surface area contributed by atoms with Crippen molar-refractivity contribution >= 4 is 18.3 Å². The lowest BCUT2D eigenvalue weighted by Gasteiger charge is -2.36. The average molecular weight is 276 g/mol. The predicted octanol–water partition coefficient (Wildman–Crippen LogP) is 1.23. The molecule has 1 heterocycles. The number of carbonyl (C=O) groups is 1. The van der Waals surface area contributed by atoms with Gasteiger partial charge in [0.05, 0.1) is 5.54 Å². The predicted molar refractivity (Wildman–Crippen MR) is 75.9 cm³/mol. The molecule has 2 fully saturated rings. The molecule has 0 aromatic rings. The zero-order valence-corrected chi connectivity index (χ0v) is 12.2. The molecular formula is C13H26ClN3O. The van der Waals surface area contributed by atoms with Crippen molar-refractivity contribution in [2.45, 2.75) is 44.1 Å². The van der Waals surface area contributed by atoms with Crippen molar-refractivity contribution < 1.29 is 4.79 Å². The van der Waals surface area contributed by atoms with E-state index in [-0.39, 0.29) is 18.3 Å². The highest BCUT2D eigenvalue weighted by Crippen LogP contribution is 2.28. The first-order valence-electron chi connectivity index (χ1n) is 6.89. The normalized spacial score (nSPS) is 25.1. The van der Waals surface area contributed by atoms with Crippen LogP contribution in [0.2, 0.25) is 0 Å². The number of hydrogen-bond donors (Lipinski definition) is 1. The fraction of sp³-hybridized carbons (Fsp3) is 0.923. The Kier molecular flexibility index (Phi) is 5.89. The van der Waals surface area contributed by atoms with Crippen LogP contribution in [-0.4, -0.2) is 54.5 Å². The van der Waals surface area contributed by atoms with E-state index < -0.39 is 5.54 Å². The molecule has 106 valence electrons. The highest BCUT2D eigenvalue weighted by molar-refractivity contribution is 5.86. The molecule has 5 heteroatoms. The fourth-order valence-corrected chi connectivity index (χ4v) is 2.96. The maximum Gasteiger partial charge on any atom is 0.242 e. The van der Waals surface area contributed by atoms with E-state index in [0.717, 1.165) is 58.3 Å². The van der Waals surface area contributed by atoms with Gasteiger partial charge in [0, 0.05) is 19.6 Å². The molecule has 1 amide bonds. The number of halogens is 1. The molecule has 2 rings (SSSR count). The van der Waals surface area contributed by atoms with Crippen molar-refractivity contribution in [3.8, 4) is 0 Å². The Labute approximate surface area is 116 Å². The van der Waals surface area contributed by atoms with Crippen molar-refractivity contribution in [2.24, 2.45) is 5.73 Å². The van der Waals surface area contributed by atoms with Crippen LogP contribution in [0.5, 0.6) is 0 Å². The van der Waals surface area contributed by atoms with Gasteiger partial charge < -0.3 is 15.5 Å². The first-order valence-corrected chi connectivity index (χ1v) is 6.89. The summed E-state index contributed by atoms with van der Waals surface area (Å²) in [4.78, 5) is 16.8. The third-order valence-corrected chi connectivity index (χ3v) is 4.18. The first-order chi connectivity index (χ1) is 8.12. The average Bonchev–Trinajstić information content (AvgIpc) is 2.54. The molecular weight excluding hydrogens is 250 g/mol. The van der Waals surface area contributed by atoms with Gasteiger partial charge >= 0.3 is 0 Å². The van der Waals surface area contributed by atoms with Gasteiger partial charge in [-0.1, -0.05) is 19.3 Å². The van der Waals surface area contributed by atoms with Gasteiger partial charge in [-0.15, -0.1) is 12.4 Å². The van der Waals surface area contributed by atoms with E-state index in [1.165, 1.54) is 6.42 Å². The van der Waals surface area contributed by atoms with E-state index in [9.17, 15) is 4.79 Å². The van der Waals surface area contributed by atoms with Crippen molar-refractivity contribution in [3.63, 3.8) is 0 Å². The molecule has 0 radical (unpaired) electrons. The fourth-order valence-electron chi connectivity index (χ4n) is 2.96. The Hall–Kier alpha value is -0.320. The molecule has 1 saturated carbocycles. The largest absolute Gasteiger partial charge is 0.340 e. The van der Waals surface area contributed by atoms with Crippen molar-refractivity contribution in [1.29, 1.82) is 0 Å². The summed E-state index contributed by atoms with van der Waals surface area (Å²) in [5.41, 5.74) is 5.76. The smallest absolute Gasteiger partial charge is 0.242 e. The summed E-state index contributed by atoms with van der Waals surface area (Å²) in [6.45, 7) is 3.78. The van der Waals surface area contributed by atoms with Crippen LogP contribution in [0.1, 0.15) is 38.5 Å². The third kappa shape index (κ3) is 3.59. The highest BCUT2D eigenvalue weighted by Gasteiger charge is 2.38. The van der Waals surface area contributed by atoms with Gasteiger partial charge in [0.1, 0.15) is 0 Å². The number of amides is 1. The Balaban J connectivity index is 0.00000162. The third-order valence-electron chi connectivity index (χ3n) is 4.18. The van der Waals surface area contributed by atoms with Crippen LogP contribution in [0.15, 0.2) is 0 Å². The van der Waals surface area contributed by atoms with E-state index in [2.05, 4.69) is 11.9 Å². The van der Waals surface area contributed by atoms with Gasteiger partial charge in [-0.05, 0) is 32.9 Å². The van der Waals surface area contributed by atoms with Crippen LogP contribution in [0.3, 0.4) is 0 Å². The number of rotatable bonds is 1. The highest BCUT2D eigenvalue weighted by atomic mass is 35.5. The van der Waals surface area contributed by atoms with Crippen LogP contribution >= 0.6 is 12.4 Å². The molecule has 1 saturated heterocycles. The second kappa shape index (κ2) is 6.73. The molecule has 0 aromatic heterocycles. The van der Waals surface area contributed by atoms with E-state index in [4.69, 9.17) is 5.73 Å². The van der Waals surface area contributed by atoms with Crippen molar-refractivity contribution in [2.75, 3.05) is 33.2 Å². The number of nitrogens with two attached hydrogens (primary N) is 1. The summed E-state index contributed by atoms with van der Waals surface area (Å²) in [7, 11) is 2.12. The number of likely N-dealkylation sites (N-methyl/N-ethyl adjacent to an activating group) is 1. The Morgan fingerprint density at radius 2 is 1.67 bits per heavy atom. The lowest BCUT2D eigenvalue weighted by Crippen LogP contribution is -2.56. The SMILES string of the molecule is CN1CCCN(C(=O)C2(N)CCCCC2)CC1.Cl. The first kappa shape index (κ1) is 15.7. The second-order valence-electron chi connectivity index (χ2n) is 5.67.